The summed E-state index contributed by atoms with van der Waals surface area (Å²) in [4.78, 5) is 35.3. The van der Waals surface area contributed by atoms with Gasteiger partial charge < -0.3 is 30.6 Å². The zero-order valence-corrected chi connectivity index (χ0v) is 24.6. The summed E-state index contributed by atoms with van der Waals surface area (Å²) in [6.45, 7) is 4.27. The monoisotopic (exact) mass is 583 g/mol. The maximum absolute atomic E-state index is 13.2. The van der Waals surface area contributed by atoms with Crippen molar-refractivity contribution in [3.63, 3.8) is 0 Å². The molecule has 216 valence electrons. The number of pyridine rings is 1. The summed E-state index contributed by atoms with van der Waals surface area (Å²) >= 11 is 1.45. The molecule has 0 unspecified atom stereocenters. The van der Waals surface area contributed by atoms with Gasteiger partial charge in [0.15, 0.2) is 0 Å². The van der Waals surface area contributed by atoms with E-state index in [1.54, 1.807) is 13.3 Å². The molecule has 1 aliphatic rings. The Balaban J connectivity index is 1.25. The molecule has 1 saturated heterocycles. The smallest absolute Gasteiger partial charge is 0.272 e. The van der Waals surface area contributed by atoms with E-state index < -0.39 is 0 Å². The van der Waals surface area contributed by atoms with Crippen LogP contribution >= 0.6 is 11.3 Å². The number of anilines is 2. The molecule has 1 aliphatic heterocycles. The first-order valence-electron chi connectivity index (χ1n) is 13.7. The Kier molecular flexibility index (Phi) is 7.55. The number of thiophene rings is 1. The Bertz CT molecular complexity index is 1800. The number of rotatable bonds is 7. The molecule has 0 aliphatic carbocycles. The highest BCUT2D eigenvalue weighted by atomic mass is 32.1. The topological polar surface area (TPSA) is 118 Å². The zero-order valence-electron chi connectivity index (χ0n) is 23.8. The minimum atomic E-state index is -0.235. The molecule has 42 heavy (non-hydrogen) atoms. The molecule has 0 bridgehead atoms. The van der Waals surface area contributed by atoms with E-state index in [1.807, 2.05) is 65.5 Å². The second-order valence-corrected chi connectivity index (χ2v) is 11.4. The first-order chi connectivity index (χ1) is 20.3. The second kappa shape index (κ2) is 11.4. The summed E-state index contributed by atoms with van der Waals surface area (Å²) in [5, 5.41) is 9.73. The molecule has 0 spiro atoms. The molecule has 6 rings (SSSR count). The fourth-order valence-corrected chi connectivity index (χ4v) is 6.48. The molecule has 4 heterocycles. The third kappa shape index (κ3) is 5.18. The van der Waals surface area contributed by atoms with Crippen molar-refractivity contribution in [2.24, 2.45) is 7.05 Å². The normalized spacial score (nSPS) is 14.4. The van der Waals surface area contributed by atoms with E-state index in [0.717, 1.165) is 58.3 Å². The number of hydrogen-bond acceptors (Lipinski definition) is 8. The minimum absolute atomic E-state index is 0.177. The molecule has 11 heteroatoms. The number of piperazine rings is 1. The maximum Gasteiger partial charge on any atom is 0.272 e. The summed E-state index contributed by atoms with van der Waals surface area (Å²) < 4.78 is 8.32. The lowest BCUT2D eigenvalue weighted by Gasteiger charge is -2.32. The Hall–Kier alpha value is -4.45. The highest BCUT2D eigenvalue weighted by Crippen LogP contribution is 2.41. The molecule has 1 fully saturated rings. The molecule has 4 N–H and O–H groups in total. The quantitative estimate of drug-likeness (QED) is 0.262. The third-order valence-electron chi connectivity index (χ3n) is 7.87. The number of carbonyl (C=O) groups is 2. The summed E-state index contributed by atoms with van der Waals surface area (Å²) in [7, 11) is 5.54. The van der Waals surface area contributed by atoms with Gasteiger partial charge in [0.25, 0.3) is 11.8 Å². The standard InChI is InChI=1S/C31H33N7O3S/c1-36-10-12-38(13-11-36)18-34-30(39)21-16-33-29(32)27-22(17-42-28(21)27)19-8-9-23(26(15-19)41-3)35-31(40)25-14-20-6-4-5-7-24(20)37(25)2/h4-9,14-17H,10-13,18H2,1-3H3,(H2,32,33)(H,34,39)(H,35,40). The molecule has 2 aromatic carbocycles. The van der Waals surface area contributed by atoms with Crippen molar-refractivity contribution < 1.29 is 14.3 Å². The van der Waals surface area contributed by atoms with E-state index in [9.17, 15) is 9.59 Å². The fraction of sp³-hybridized carbons (Fsp3) is 0.258. The van der Waals surface area contributed by atoms with Crippen LogP contribution in [0.2, 0.25) is 0 Å². The number of fused-ring (bicyclic) bond motifs is 2. The molecule has 5 aromatic rings. The third-order valence-corrected chi connectivity index (χ3v) is 8.89. The van der Waals surface area contributed by atoms with Gasteiger partial charge in [-0.05, 0) is 42.3 Å². The predicted molar refractivity (Wildman–Crippen MR) is 168 cm³/mol. The summed E-state index contributed by atoms with van der Waals surface area (Å²) in [6, 6.07) is 15.3. The molecule has 0 atom stereocenters. The molecule has 0 saturated carbocycles. The van der Waals surface area contributed by atoms with E-state index >= 15 is 0 Å². The van der Waals surface area contributed by atoms with Crippen LogP contribution in [0.3, 0.4) is 0 Å². The number of carbonyl (C=O) groups excluding carboxylic acids is 2. The number of para-hydroxylation sites is 1. The Morgan fingerprint density at radius 1 is 1.05 bits per heavy atom. The van der Waals surface area contributed by atoms with Crippen LogP contribution in [-0.4, -0.2) is 78.2 Å². The number of aryl methyl sites for hydroxylation is 1. The number of nitrogens with zero attached hydrogens (tertiary/aromatic N) is 4. The van der Waals surface area contributed by atoms with Crippen molar-refractivity contribution in [2.75, 3.05) is 58.1 Å². The van der Waals surface area contributed by atoms with Crippen LogP contribution in [0.5, 0.6) is 5.75 Å². The molecule has 2 amide bonds. The van der Waals surface area contributed by atoms with E-state index in [0.29, 0.717) is 35.2 Å². The van der Waals surface area contributed by atoms with Crippen molar-refractivity contribution in [1.82, 2.24) is 24.7 Å². The van der Waals surface area contributed by atoms with Gasteiger partial charge in [-0.15, -0.1) is 11.3 Å². The Labute approximate surface area is 247 Å². The number of amides is 2. The number of hydrogen-bond donors (Lipinski definition) is 3. The maximum atomic E-state index is 13.2. The van der Waals surface area contributed by atoms with Gasteiger partial charge in [0.1, 0.15) is 17.3 Å². The van der Waals surface area contributed by atoms with Crippen LogP contribution < -0.4 is 21.1 Å². The van der Waals surface area contributed by atoms with E-state index in [-0.39, 0.29) is 11.8 Å². The number of aromatic nitrogens is 2. The Morgan fingerprint density at radius 3 is 2.60 bits per heavy atom. The van der Waals surface area contributed by atoms with Crippen LogP contribution in [0.15, 0.2) is 60.1 Å². The predicted octanol–water partition coefficient (Wildman–Crippen LogP) is 4.23. The van der Waals surface area contributed by atoms with E-state index in [2.05, 4.69) is 32.5 Å². The van der Waals surface area contributed by atoms with Gasteiger partial charge in [-0.25, -0.2) is 4.98 Å². The van der Waals surface area contributed by atoms with Gasteiger partial charge in [-0.1, -0.05) is 24.3 Å². The molecular weight excluding hydrogens is 550 g/mol. The van der Waals surface area contributed by atoms with Gasteiger partial charge in [0.2, 0.25) is 0 Å². The lowest BCUT2D eigenvalue weighted by molar-refractivity contribution is 0.0891. The first-order valence-corrected chi connectivity index (χ1v) is 14.6. The van der Waals surface area contributed by atoms with Crippen molar-refractivity contribution in [1.29, 1.82) is 0 Å². The van der Waals surface area contributed by atoms with Crippen LogP contribution in [0.4, 0.5) is 11.5 Å². The minimum Gasteiger partial charge on any atom is -0.495 e. The lowest BCUT2D eigenvalue weighted by Crippen LogP contribution is -2.48. The SMILES string of the molecule is COc1cc(-c2csc3c(C(=O)NCN4CCN(C)CC4)cnc(N)c23)ccc1NC(=O)c1cc2ccccc2n1C. The molecule has 0 radical (unpaired) electrons. The molecular formula is C31H33N7O3S. The number of nitrogens with two attached hydrogens (primary N) is 1. The van der Waals surface area contributed by atoms with E-state index in [1.165, 1.54) is 11.3 Å². The molecule has 3 aromatic heterocycles. The van der Waals surface area contributed by atoms with Crippen LogP contribution in [0.25, 0.3) is 32.1 Å². The van der Waals surface area contributed by atoms with Crippen LogP contribution in [-0.2, 0) is 7.05 Å². The average Bonchev–Trinajstić information content (AvgIpc) is 3.60. The second-order valence-electron chi connectivity index (χ2n) is 10.5. The van der Waals surface area contributed by atoms with Crippen molar-refractivity contribution in [3.05, 3.63) is 71.4 Å². The highest BCUT2D eigenvalue weighted by Gasteiger charge is 2.21. The number of likely N-dealkylation sites (N-methyl/N-ethyl adjacent to an activating group) is 1. The van der Waals surface area contributed by atoms with Crippen molar-refractivity contribution in [3.8, 4) is 16.9 Å². The number of nitrogen functional groups attached to an aromatic ring is 1. The lowest BCUT2D eigenvalue weighted by atomic mass is 10.0. The van der Waals surface area contributed by atoms with Gasteiger partial charge in [0, 0.05) is 61.3 Å². The highest BCUT2D eigenvalue weighted by molar-refractivity contribution is 7.18. The number of nitrogens with one attached hydrogen (secondary N) is 2. The Morgan fingerprint density at radius 2 is 1.83 bits per heavy atom. The number of benzene rings is 2. The van der Waals surface area contributed by atoms with E-state index in [4.69, 9.17) is 10.5 Å². The fourth-order valence-electron chi connectivity index (χ4n) is 5.38. The zero-order chi connectivity index (χ0) is 29.4. The molecule has 10 nitrogen and oxygen atoms in total. The van der Waals surface area contributed by atoms with Gasteiger partial charge in [0.05, 0.1) is 29.7 Å². The summed E-state index contributed by atoms with van der Waals surface area (Å²) in [5.74, 6) is 0.445. The van der Waals surface area contributed by atoms with Gasteiger partial charge in [-0.2, -0.15) is 0 Å². The average molecular weight is 584 g/mol. The van der Waals surface area contributed by atoms with Crippen molar-refractivity contribution >= 4 is 55.6 Å². The number of methoxy groups -OCH3 is 1. The number of ether oxygens (including phenoxy) is 1. The largest absolute Gasteiger partial charge is 0.495 e. The van der Waals surface area contributed by atoms with Crippen molar-refractivity contribution in [2.45, 2.75) is 0 Å². The van der Waals surface area contributed by atoms with Gasteiger partial charge >= 0.3 is 0 Å². The first kappa shape index (κ1) is 27.7. The van der Waals surface area contributed by atoms with Crippen LogP contribution in [0, 0.1) is 0 Å². The summed E-state index contributed by atoms with van der Waals surface area (Å²) in [6.07, 6.45) is 1.55. The summed E-state index contributed by atoms with van der Waals surface area (Å²) in [5.41, 5.74) is 10.6. The van der Waals surface area contributed by atoms with Gasteiger partial charge in [-0.3, -0.25) is 14.5 Å². The van der Waals surface area contributed by atoms with Crippen LogP contribution in [0.1, 0.15) is 20.8 Å².